The van der Waals surface area contributed by atoms with Crippen molar-refractivity contribution in [3.63, 3.8) is 0 Å². The maximum Gasteiger partial charge on any atom is 0.573 e. The lowest BCUT2D eigenvalue weighted by Crippen LogP contribution is -2.35. The molecule has 0 fully saturated rings. The fourth-order valence-electron chi connectivity index (χ4n) is 2.59. The van der Waals surface area contributed by atoms with Crippen LogP contribution in [0.3, 0.4) is 0 Å². The van der Waals surface area contributed by atoms with Crippen LogP contribution in [0.2, 0.25) is 0 Å². The van der Waals surface area contributed by atoms with Crippen LogP contribution in [0.1, 0.15) is 17.4 Å². The van der Waals surface area contributed by atoms with Crippen LogP contribution in [0.5, 0.6) is 5.75 Å². The molecule has 0 saturated heterocycles. The van der Waals surface area contributed by atoms with Crippen LogP contribution >= 0.6 is 0 Å². The number of aliphatic hydroxyl groups excluding tert-OH is 1. The first-order chi connectivity index (χ1) is 14.2. The summed E-state index contributed by atoms with van der Waals surface area (Å²) in [7, 11) is 1.68. The van der Waals surface area contributed by atoms with E-state index in [1.807, 2.05) is 0 Å². The number of halogens is 3. The van der Waals surface area contributed by atoms with Gasteiger partial charge in [0.1, 0.15) is 17.1 Å². The number of carbonyl (C=O) groups is 1. The van der Waals surface area contributed by atoms with Crippen molar-refractivity contribution in [1.29, 1.82) is 0 Å². The van der Waals surface area contributed by atoms with Gasteiger partial charge >= 0.3 is 6.36 Å². The van der Waals surface area contributed by atoms with Crippen LogP contribution < -0.4 is 10.1 Å². The number of aryl methyl sites for hydroxylation is 1. The zero-order valence-corrected chi connectivity index (χ0v) is 16.0. The lowest BCUT2D eigenvalue weighted by atomic mass is 10.1. The number of aromatic nitrogens is 4. The molecule has 30 heavy (non-hydrogen) atoms. The molecule has 0 aliphatic carbocycles. The fourth-order valence-corrected chi connectivity index (χ4v) is 2.59. The topological polar surface area (TPSA) is 102 Å². The Morgan fingerprint density at radius 3 is 2.50 bits per heavy atom. The highest BCUT2D eigenvalue weighted by molar-refractivity contribution is 5.94. The summed E-state index contributed by atoms with van der Waals surface area (Å²) in [6, 6.07) is 7.69. The maximum absolute atomic E-state index is 12.5. The number of aliphatic hydroxyl groups is 1. The summed E-state index contributed by atoms with van der Waals surface area (Å²) in [6.45, 7) is 1.38. The van der Waals surface area contributed by atoms with Crippen molar-refractivity contribution in [3.8, 4) is 28.5 Å². The molecule has 3 rings (SSSR count). The van der Waals surface area contributed by atoms with Gasteiger partial charge in [-0.2, -0.15) is 5.10 Å². The Balaban J connectivity index is 2.02. The summed E-state index contributed by atoms with van der Waals surface area (Å²) in [5.41, 5.74) is 1.35. The van der Waals surface area contributed by atoms with Gasteiger partial charge in [-0.05, 0) is 43.3 Å². The van der Waals surface area contributed by atoms with Crippen molar-refractivity contribution in [1.82, 2.24) is 25.1 Å². The number of nitrogens with zero attached hydrogens (tertiary/aromatic N) is 4. The van der Waals surface area contributed by atoms with Gasteiger partial charge in [-0.3, -0.25) is 9.48 Å². The molecule has 0 bridgehead atoms. The van der Waals surface area contributed by atoms with E-state index in [0.29, 0.717) is 17.0 Å². The minimum absolute atomic E-state index is 0.0344. The van der Waals surface area contributed by atoms with Crippen molar-refractivity contribution >= 4 is 5.91 Å². The second-order valence-corrected chi connectivity index (χ2v) is 6.43. The Morgan fingerprint density at radius 1 is 1.23 bits per heavy atom. The molecule has 2 heterocycles. The molecule has 1 aromatic carbocycles. The summed E-state index contributed by atoms with van der Waals surface area (Å²) in [5.74, 6) is -0.688. The van der Waals surface area contributed by atoms with E-state index in [0.717, 1.165) is 12.1 Å². The number of alkyl halides is 3. The van der Waals surface area contributed by atoms with Gasteiger partial charge in [0.25, 0.3) is 5.91 Å². The quantitative estimate of drug-likeness (QED) is 0.634. The molecule has 0 aliphatic rings. The molecule has 2 N–H and O–H groups in total. The minimum atomic E-state index is -4.79. The average Bonchev–Trinajstić information content (AvgIpc) is 3.12. The van der Waals surface area contributed by atoms with Gasteiger partial charge in [0, 0.05) is 24.8 Å². The molecule has 0 spiro atoms. The normalized spacial score (nSPS) is 12.5. The number of nitrogens with one attached hydrogen (secondary N) is 1. The van der Waals surface area contributed by atoms with E-state index in [1.165, 1.54) is 22.9 Å². The average molecular weight is 421 g/mol. The van der Waals surface area contributed by atoms with Crippen LogP contribution in [0.4, 0.5) is 13.2 Å². The molecule has 0 unspecified atom stereocenters. The van der Waals surface area contributed by atoms with Gasteiger partial charge in [-0.1, -0.05) is 0 Å². The Labute approximate surface area is 169 Å². The van der Waals surface area contributed by atoms with Gasteiger partial charge in [0.15, 0.2) is 5.82 Å². The number of carbonyl (C=O) groups excluding carboxylic acids is 1. The number of hydrogen-bond acceptors (Lipinski definition) is 6. The molecule has 0 aliphatic heterocycles. The number of benzene rings is 1. The third-order valence-corrected chi connectivity index (χ3v) is 4.04. The van der Waals surface area contributed by atoms with Crippen LogP contribution in [-0.2, 0) is 7.05 Å². The molecule has 158 valence electrons. The first kappa shape index (κ1) is 21.2. The number of hydrogen-bond donors (Lipinski definition) is 2. The molecule has 11 heteroatoms. The largest absolute Gasteiger partial charge is 0.573 e. The highest BCUT2D eigenvalue weighted by Crippen LogP contribution is 2.27. The smallest absolute Gasteiger partial charge is 0.406 e. The van der Waals surface area contributed by atoms with E-state index < -0.39 is 18.3 Å². The second kappa shape index (κ2) is 8.49. The molecular formula is C19H18F3N5O3. The number of rotatable bonds is 6. The summed E-state index contributed by atoms with van der Waals surface area (Å²) >= 11 is 0. The van der Waals surface area contributed by atoms with Crippen LogP contribution in [-0.4, -0.2) is 49.8 Å². The number of ether oxygens (including phenoxy) is 1. The maximum atomic E-state index is 12.5. The van der Waals surface area contributed by atoms with Crippen molar-refractivity contribution in [3.05, 3.63) is 48.3 Å². The Morgan fingerprint density at radius 2 is 1.93 bits per heavy atom. The molecular weight excluding hydrogens is 403 g/mol. The summed E-state index contributed by atoms with van der Waals surface area (Å²) in [4.78, 5) is 21.2. The minimum Gasteiger partial charge on any atom is -0.406 e. The van der Waals surface area contributed by atoms with Crippen molar-refractivity contribution < 1.29 is 27.8 Å². The predicted molar refractivity (Wildman–Crippen MR) is 100 cm³/mol. The first-order valence-electron chi connectivity index (χ1n) is 8.81. The molecule has 0 saturated carbocycles. The SMILES string of the molecule is C[C@@H](CO)NC(=O)c1cc(-c2ccc(OC(F)(F)F)cc2)nc(-c2ccnn2C)n1. The van der Waals surface area contributed by atoms with E-state index in [9.17, 15) is 18.0 Å². The highest BCUT2D eigenvalue weighted by Gasteiger charge is 2.31. The molecule has 1 atom stereocenters. The Hall–Kier alpha value is -3.47. The second-order valence-electron chi connectivity index (χ2n) is 6.43. The summed E-state index contributed by atoms with van der Waals surface area (Å²) in [6.07, 6.45) is -3.25. The monoisotopic (exact) mass is 421 g/mol. The van der Waals surface area contributed by atoms with Crippen molar-refractivity contribution in [2.45, 2.75) is 19.3 Å². The summed E-state index contributed by atoms with van der Waals surface area (Å²) < 4.78 is 42.5. The molecule has 8 nitrogen and oxygen atoms in total. The van der Waals surface area contributed by atoms with Gasteiger partial charge < -0.3 is 15.2 Å². The van der Waals surface area contributed by atoms with Gasteiger partial charge in [0.05, 0.1) is 12.3 Å². The third kappa shape index (κ3) is 5.11. The van der Waals surface area contributed by atoms with Crippen LogP contribution in [0.25, 0.3) is 22.8 Å². The van der Waals surface area contributed by atoms with Gasteiger partial charge in [-0.15, -0.1) is 13.2 Å². The van der Waals surface area contributed by atoms with Crippen molar-refractivity contribution in [2.24, 2.45) is 7.05 Å². The molecule has 3 aromatic rings. The third-order valence-electron chi connectivity index (χ3n) is 4.04. The van der Waals surface area contributed by atoms with E-state index in [2.05, 4.69) is 25.1 Å². The highest BCUT2D eigenvalue weighted by atomic mass is 19.4. The van der Waals surface area contributed by atoms with Crippen molar-refractivity contribution in [2.75, 3.05) is 6.61 Å². The molecule has 0 radical (unpaired) electrons. The van der Waals surface area contributed by atoms with E-state index >= 15 is 0 Å². The lowest BCUT2D eigenvalue weighted by molar-refractivity contribution is -0.274. The summed E-state index contributed by atoms with van der Waals surface area (Å²) in [5, 5.41) is 15.8. The standard InChI is InChI=1S/C19H18F3N5O3/c1-11(10-28)24-18(29)15-9-14(25-17(26-15)16-7-8-23-27(16)2)12-3-5-13(6-4-12)30-19(20,21)22/h3-9,11,28H,10H2,1-2H3,(H,24,29)/t11-/m0/s1. The van der Waals surface area contributed by atoms with E-state index in [-0.39, 0.29) is 23.9 Å². The van der Waals surface area contributed by atoms with E-state index in [1.54, 1.807) is 26.2 Å². The lowest BCUT2D eigenvalue weighted by Gasteiger charge is -2.13. The van der Waals surface area contributed by atoms with Crippen LogP contribution in [0.15, 0.2) is 42.6 Å². The van der Waals surface area contributed by atoms with Gasteiger partial charge in [-0.25, -0.2) is 9.97 Å². The Kier molecular flexibility index (Phi) is 6.01. The zero-order chi connectivity index (χ0) is 21.9. The van der Waals surface area contributed by atoms with Gasteiger partial charge in [0.2, 0.25) is 0 Å². The molecule has 1 amide bonds. The molecule has 2 aromatic heterocycles. The number of amides is 1. The van der Waals surface area contributed by atoms with Crippen LogP contribution in [0, 0.1) is 0 Å². The zero-order valence-electron chi connectivity index (χ0n) is 16.0. The first-order valence-corrected chi connectivity index (χ1v) is 8.81. The predicted octanol–water partition coefficient (Wildman–Crippen LogP) is 2.55. The Bertz CT molecular complexity index is 1030. The fraction of sp³-hybridized carbons (Fsp3) is 0.263. The van der Waals surface area contributed by atoms with E-state index in [4.69, 9.17) is 5.11 Å².